The number of hydrogen-bond acceptors (Lipinski definition) is 2. The van der Waals surface area contributed by atoms with Gasteiger partial charge in [0.05, 0.1) is 6.20 Å². The second-order valence-corrected chi connectivity index (χ2v) is 3.78. The van der Waals surface area contributed by atoms with Crippen LogP contribution in [0.4, 0.5) is 0 Å². The van der Waals surface area contributed by atoms with E-state index in [0.717, 1.165) is 12.8 Å². The molecule has 0 fully saturated rings. The Labute approximate surface area is 79.9 Å². The van der Waals surface area contributed by atoms with Gasteiger partial charge in [-0.15, -0.1) is 0 Å². The van der Waals surface area contributed by atoms with Crippen molar-refractivity contribution in [2.75, 3.05) is 0 Å². The van der Waals surface area contributed by atoms with Crippen LogP contribution in [0.15, 0.2) is 12.4 Å². The van der Waals surface area contributed by atoms with E-state index in [1.54, 1.807) is 0 Å². The summed E-state index contributed by atoms with van der Waals surface area (Å²) in [6.45, 7) is 4.37. The molecule has 2 N–H and O–H groups in total. The Morgan fingerprint density at radius 1 is 1.62 bits per heavy atom. The molecule has 0 amide bonds. The van der Waals surface area contributed by atoms with Crippen molar-refractivity contribution in [2.24, 2.45) is 18.7 Å². The molecule has 0 saturated heterocycles. The Hall–Kier alpha value is -0.830. The van der Waals surface area contributed by atoms with Crippen LogP contribution in [0, 0.1) is 5.92 Å². The lowest BCUT2D eigenvalue weighted by atomic mass is 9.95. The first kappa shape index (κ1) is 10.3. The van der Waals surface area contributed by atoms with Crippen molar-refractivity contribution in [3.63, 3.8) is 0 Å². The van der Waals surface area contributed by atoms with Gasteiger partial charge in [0.15, 0.2) is 0 Å². The third kappa shape index (κ3) is 2.84. The average Bonchev–Trinajstić information content (AvgIpc) is 2.49. The lowest BCUT2D eigenvalue weighted by Gasteiger charge is -2.16. The minimum absolute atomic E-state index is 0.259. The van der Waals surface area contributed by atoms with Crippen LogP contribution in [0.5, 0.6) is 0 Å². The highest BCUT2D eigenvalue weighted by Gasteiger charge is 2.11. The normalized spacial score (nSPS) is 15.7. The Bertz CT molecular complexity index is 254. The molecular weight excluding hydrogens is 162 g/mol. The van der Waals surface area contributed by atoms with E-state index in [1.807, 2.05) is 24.1 Å². The second-order valence-electron chi connectivity index (χ2n) is 3.78. The first-order chi connectivity index (χ1) is 6.13. The van der Waals surface area contributed by atoms with Crippen molar-refractivity contribution in [1.29, 1.82) is 0 Å². The zero-order valence-corrected chi connectivity index (χ0v) is 8.70. The van der Waals surface area contributed by atoms with Gasteiger partial charge in [-0.05, 0) is 17.9 Å². The maximum atomic E-state index is 6.03. The highest BCUT2D eigenvalue weighted by Crippen LogP contribution is 2.10. The number of hydrogen-bond donors (Lipinski definition) is 1. The summed E-state index contributed by atoms with van der Waals surface area (Å²) in [6, 6.07) is 0.259. The number of rotatable bonds is 4. The average molecular weight is 181 g/mol. The Morgan fingerprint density at radius 3 is 2.77 bits per heavy atom. The molecule has 0 radical (unpaired) electrons. The molecular formula is C10H19N3. The first-order valence-electron chi connectivity index (χ1n) is 4.86. The van der Waals surface area contributed by atoms with Gasteiger partial charge in [-0.25, -0.2) is 0 Å². The molecule has 0 aliphatic rings. The van der Waals surface area contributed by atoms with E-state index in [9.17, 15) is 0 Å². The fourth-order valence-electron chi connectivity index (χ4n) is 1.35. The van der Waals surface area contributed by atoms with Gasteiger partial charge < -0.3 is 5.73 Å². The van der Waals surface area contributed by atoms with Gasteiger partial charge in [0.2, 0.25) is 0 Å². The summed E-state index contributed by atoms with van der Waals surface area (Å²) in [5.74, 6) is 0.584. The molecule has 13 heavy (non-hydrogen) atoms. The van der Waals surface area contributed by atoms with Crippen LogP contribution in [0.25, 0.3) is 0 Å². The van der Waals surface area contributed by atoms with Gasteiger partial charge in [-0.3, -0.25) is 4.68 Å². The summed E-state index contributed by atoms with van der Waals surface area (Å²) in [4.78, 5) is 0. The van der Waals surface area contributed by atoms with Gasteiger partial charge in [0, 0.05) is 19.3 Å². The summed E-state index contributed by atoms with van der Waals surface area (Å²) in [7, 11) is 1.93. The largest absolute Gasteiger partial charge is 0.327 e. The second kappa shape index (κ2) is 4.42. The molecule has 1 aromatic rings. The van der Waals surface area contributed by atoms with Crippen molar-refractivity contribution in [3.8, 4) is 0 Å². The minimum Gasteiger partial charge on any atom is -0.327 e. The van der Waals surface area contributed by atoms with Crippen LogP contribution < -0.4 is 5.73 Å². The third-order valence-corrected chi connectivity index (χ3v) is 2.60. The smallest absolute Gasteiger partial charge is 0.0522 e. The monoisotopic (exact) mass is 181 g/mol. The summed E-state index contributed by atoms with van der Waals surface area (Å²) >= 11 is 0. The van der Waals surface area contributed by atoms with E-state index in [4.69, 9.17) is 5.73 Å². The molecule has 0 aliphatic heterocycles. The molecule has 1 heterocycles. The summed E-state index contributed by atoms with van der Waals surface area (Å²) < 4.78 is 1.82. The van der Waals surface area contributed by atoms with Gasteiger partial charge in [0.25, 0.3) is 0 Å². The Morgan fingerprint density at radius 2 is 2.31 bits per heavy atom. The van der Waals surface area contributed by atoms with Crippen LogP contribution in [-0.2, 0) is 13.5 Å². The number of nitrogens with zero attached hydrogens (tertiary/aromatic N) is 2. The molecule has 0 spiro atoms. The molecule has 0 aliphatic carbocycles. The predicted molar refractivity (Wildman–Crippen MR) is 54.3 cm³/mol. The fourth-order valence-corrected chi connectivity index (χ4v) is 1.35. The van der Waals surface area contributed by atoms with Gasteiger partial charge in [-0.1, -0.05) is 20.3 Å². The highest BCUT2D eigenvalue weighted by molar-refractivity contribution is 5.05. The van der Waals surface area contributed by atoms with Crippen molar-refractivity contribution < 1.29 is 0 Å². The van der Waals surface area contributed by atoms with E-state index in [0.29, 0.717) is 5.92 Å². The van der Waals surface area contributed by atoms with E-state index in [2.05, 4.69) is 18.9 Å². The van der Waals surface area contributed by atoms with Crippen molar-refractivity contribution in [1.82, 2.24) is 9.78 Å². The van der Waals surface area contributed by atoms with Crippen LogP contribution in [0.2, 0.25) is 0 Å². The van der Waals surface area contributed by atoms with Crippen molar-refractivity contribution >= 4 is 0 Å². The standard InChI is InChI=1S/C10H19N3/c1-4-8(2)10(11)5-9-6-12-13(3)7-9/h6-8,10H,4-5,11H2,1-3H3. The molecule has 2 unspecified atom stereocenters. The molecule has 3 nitrogen and oxygen atoms in total. The number of nitrogens with two attached hydrogens (primary N) is 1. The van der Waals surface area contributed by atoms with Crippen molar-refractivity contribution in [2.45, 2.75) is 32.7 Å². The lowest BCUT2D eigenvalue weighted by Crippen LogP contribution is -2.29. The molecule has 0 bridgehead atoms. The molecule has 0 aromatic carbocycles. The van der Waals surface area contributed by atoms with Crippen molar-refractivity contribution in [3.05, 3.63) is 18.0 Å². The van der Waals surface area contributed by atoms with E-state index >= 15 is 0 Å². The van der Waals surface area contributed by atoms with E-state index in [-0.39, 0.29) is 6.04 Å². The lowest BCUT2D eigenvalue weighted by molar-refractivity contribution is 0.440. The van der Waals surface area contributed by atoms with Gasteiger partial charge in [0.1, 0.15) is 0 Å². The quantitative estimate of drug-likeness (QED) is 0.761. The maximum absolute atomic E-state index is 6.03. The van der Waals surface area contributed by atoms with Crippen LogP contribution in [-0.4, -0.2) is 15.8 Å². The molecule has 1 rings (SSSR count). The molecule has 2 atom stereocenters. The molecule has 0 saturated carbocycles. The minimum atomic E-state index is 0.259. The van der Waals surface area contributed by atoms with Crippen LogP contribution >= 0.6 is 0 Å². The fraction of sp³-hybridized carbons (Fsp3) is 0.700. The third-order valence-electron chi connectivity index (χ3n) is 2.60. The number of aryl methyl sites for hydroxylation is 1. The predicted octanol–water partition coefficient (Wildman–Crippen LogP) is 1.34. The highest BCUT2D eigenvalue weighted by atomic mass is 15.2. The van der Waals surface area contributed by atoms with Crippen LogP contribution in [0.3, 0.4) is 0 Å². The van der Waals surface area contributed by atoms with Gasteiger partial charge in [-0.2, -0.15) is 5.10 Å². The summed E-state index contributed by atoms with van der Waals surface area (Å²) in [5.41, 5.74) is 7.26. The molecule has 1 aromatic heterocycles. The Kier molecular flexibility index (Phi) is 3.48. The molecule has 74 valence electrons. The van der Waals surface area contributed by atoms with Crippen LogP contribution in [0.1, 0.15) is 25.8 Å². The topological polar surface area (TPSA) is 43.8 Å². The SMILES string of the molecule is CCC(C)C(N)Cc1cnn(C)c1. The summed E-state index contributed by atoms with van der Waals surface area (Å²) in [6.07, 6.45) is 5.99. The van der Waals surface area contributed by atoms with Gasteiger partial charge >= 0.3 is 0 Å². The van der Waals surface area contributed by atoms with E-state index in [1.165, 1.54) is 5.56 Å². The van der Waals surface area contributed by atoms with E-state index < -0.39 is 0 Å². The summed E-state index contributed by atoms with van der Waals surface area (Å²) in [5, 5.41) is 4.12. The zero-order chi connectivity index (χ0) is 9.84. The zero-order valence-electron chi connectivity index (χ0n) is 8.70. The maximum Gasteiger partial charge on any atom is 0.0522 e. The first-order valence-corrected chi connectivity index (χ1v) is 4.86. The number of aromatic nitrogens is 2. The molecule has 3 heteroatoms. The Balaban J connectivity index is 2.49.